The van der Waals surface area contributed by atoms with Crippen molar-refractivity contribution in [3.05, 3.63) is 23.2 Å². The summed E-state index contributed by atoms with van der Waals surface area (Å²) in [4.78, 5) is 24.0. The minimum Gasteiger partial charge on any atom is -0.324 e. The van der Waals surface area contributed by atoms with Crippen LogP contribution in [-0.2, 0) is 9.59 Å². The molecule has 1 aromatic rings. The number of carbonyl (C=O) groups excluding carboxylic acids is 2. The number of anilines is 2. The summed E-state index contributed by atoms with van der Waals surface area (Å²) in [5.41, 5.74) is -0.0614. The number of rotatable bonds is 2. The number of carbonyl (C=O) groups is 2. The van der Waals surface area contributed by atoms with Crippen molar-refractivity contribution < 1.29 is 9.59 Å². The molecule has 2 amide bonds. The summed E-state index contributed by atoms with van der Waals surface area (Å²) in [6.45, 7) is 10.9. The van der Waals surface area contributed by atoms with Gasteiger partial charge in [0.15, 0.2) is 0 Å². The van der Waals surface area contributed by atoms with Gasteiger partial charge in [0.2, 0.25) is 11.8 Å². The third-order valence-electron chi connectivity index (χ3n) is 2.86. The van der Waals surface area contributed by atoms with Crippen molar-refractivity contribution in [1.29, 1.82) is 0 Å². The number of nitrogens with one attached hydrogen (secondary N) is 2. The van der Waals surface area contributed by atoms with Crippen LogP contribution < -0.4 is 10.6 Å². The van der Waals surface area contributed by atoms with Gasteiger partial charge in [-0.05, 0) is 12.1 Å². The van der Waals surface area contributed by atoms with E-state index in [9.17, 15) is 9.59 Å². The van der Waals surface area contributed by atoms with Gasteiger partial charge in [-0.1, -0.05) is 59.2 Å². The Kier molecular flexibility index (Phi) is 5.05. The molecular formula is C16H23ClN2O2. The van der Waals surface area contributed by atoms with Gasteiger partial charge in [-0.3, -0.25) is 9.59 Å². The number of amides is 2. The van der Waals surface area contributed by atoms with Crippen LogP contribution in [0.4, 0.5) is 11.4 Å². The van der Waals surface area contributed by atoms with Crippen LogP contribution in [0.5, 0.6) is 0 Å². The molecule has 1 aromatic carbocycles. The Balaban J connectivity index is 2.99. The summed E-state index contributed by atoms with van der Waals surface area (Å²) >= 11 is 6.27. The summed E-state index contributed by atoms with van der Waals surface area (Å²) in [5.74, 6) is -0.271. The average molecular weight is 311 g/mol. The second kappa shape index (κ2) is 6.06. The third-order valence-corrected chi connectivity index (χ3v) is 3.26. The molecule has 0 heterocycles. The van der Waals surface area contributed by atoms with Crippen LogP contribution in [0.3, 0.4) is 0 Å². The van der Waals surface area contributed by atoms with Crippen LogP contribution in [0.15, 0.2) is 18.2 Å². The maximum atomic E-state index is 12.0. The van der Waals surface area contributed by atoms with E-state index in [1.165, 1.54) is 0 Å². The van der Waals surface area contributed by atoms with Crippen molar-refractivity contribution in [2.75, 3.05) is 10.6 Å². The Morgan fingerprint density at radius 3 is 1.48 bits per heavy atom. The monoisotopic (exact) mass is 310 g/mol. The van der Waals surface area contributed by atoms with Gasteiger partial charge in [0.05, 0.1) is 16.4 Å². The predicted molar refractivity (Wildman–Crippen MR) is 87.6 cm³/mol. The van der Waals surface area contributed by atoms with E-state index < -0.39 is 10.8 Å². The molecular weight excluding hydrogens is 288 g/mol. The van der Waals surface area contributed by atoms with Gasteiger partial charge < -0.3 is 10.6 Å². The van der Waals surface area contributed by atoms with Crippen LogP contribution in [0, 0.1) is 10.8 Å². The quantitative estimate of drug-likeness (QED) is 0.855. The highest BCUT2D eigenvalue weighted by Crippen LogP contribution is 2.32. The molecule has 5 heteroatoms. The Hall–Kier alpha value is -1.55. The lowest BCUT2D eigenvalue weighted by atomic mass is 9.95. The van der Waals surface area contributed by atoms with Crippen LogP contribution in [-0.4, -0.2) is 11.8 Å². The van der Waals surface area contributed by atoms with Crippen LogP contribution >= 0.6 is 11.6 Å². The molecule has 4 nitrogen and oxygen atoms in total. The second-order valence-electron chi connectivity index (χ2n) is 7.08. The lowest BCUT2D eigenvalue weighted by Crippen LogP contribution is -2.29. The lowest BCUT2D eigenvalue weighted by Gasteiger charge is -2.21. The number of hydrogen-bond donors (Lipinski definition) is 2. The molecule has 0 atom stereocenters. The molecule has 0 saturated heterocycles. The smallest absolute Gasteiger partial charge is 0.229 e. The van der Waals surface area contributed by atoms with Crippen molar-refractivity contribution in [2.45, 2.75) is 41.5 Å². The largest absolute Gasteiger partial charge is 0.324 e. The maximum absolute atomic E-state index is 12.0. The second-order valence-corrected chi connectivity index (χ2v) is 7.45. The van der Waals surface area contributed by atoms with Crippen LogP contribution in [0.1, 0.15) is 41.5 Å². The fraction of sp³-hybridized carbons (Fsp3) is 0.500. The molecule has 116 valence electrons. The molecule has 0 aliphatic heterocycles. The molecule has 0 fully saturated rings. The average Bonchev–Trinajstić information content (AvgIpc) is 2.31. The number of halogens is 1. The first-order valence-electron chi connectivity index (χ1n) is 6.84. The summed E-state index contributed by atoms with van der Waals surface area (Å²) in [6, 6.07) is 5.15. The maximum Gasteiger partial charge on any atom is 0.229 e. The lowest BCUT2D eigenvalue weighted by molar-refractivity contribution is -0.123. The number of hydrogen-bond acceptors (Lipinski definition) is 2. The van der Waals surface area contributed by atoms with Crippen molar-refractivity contribution in [3.63, 3.8) is 0 Å². The third kappa shape index (κ3) is 4.74. The van der Waals surface area contributed by atoms with Crippen molar-refractivity contribution in [2.24, 2.45) is 10.8 Å². The van der Waals surface area contributed by atoms with E-state index in [0.717, 1.165) is 0 Å². The molecule has 0 aliphatic carbocycles. The van der Waals surface area contributed by atoms with E-state index in [2.05, 4.69) is 10.6 Å². The molecule has 21 heavy (non-hydrogen) atoms. The van der Waals surface area contributed by atoms with Gasteiger partial charge >= 0.3 is 0 Å². The van der Waals surface area contributed by atoms with Gasteiger partial charge in [0.1, 0.15) is 0 Å². The normalized spacial score (nSPS) is 12.0. The van der Waals surface area contributed by atoms with Gasteiger partial charge in [0.25, 0.3) is 0 Å². The van der Waals surface area contributed by atoms with Crippen molar-refractivity contribution in [3.8, 4) is 0 Å². The molecule has 0 spiro atoms. The first-order chi connectivity index (χ1) is 9.43. The fourth-order valence-corrected chi connectivity index (χ4v) is 1.57. The molecule has 0 saturated carbocycles. The molecule has 1 rings (SSSR count). The zero-order chi connectivity index (χ0) is 16.4. The highest BCUT2D eigenvalue weighted by molar-refractivity contribution is 6.36. The molecule has 0 unspecified atom stereocenters. The Labute approximate surface area is 131 Å². The van der Waals surface area contributed by atoms with Crippen LogP contribution in [0.2, 0.25) is 5.02 Å². The van der Waals surface area contributed by atoms with Crippen molar-refractivity contribution >= 4 is 34.8 Å². The minimum absolute atomic E-state index is 0.135. The number of benzene rings is 1. The summed E-state index contributed by atoms with van der Waals surface area (Å²) in [5, 5.41) is 5.89. The van der Waals surface area contributed by atoms with Crippen molar-refractivity contribution in [1.82, 2.24) is 0 Å². The van der Waals surface area contributed by atoms with E-state index in [0.29, 0.717) is 16.4 Å². The molecule has 2 N–H and O–H groups in total. The Morgan fingerprint density at radius 2 is 1.19 bits per heavy atom. The summed E-state index contributed by atoms with van der Waals surface area (Å²) < 4.78 is 0. The Bertz CT molecular complexity index is 508. The summed E-state index contributed by atoms with van der Waals surface area (Å²) in [7, 11) is 0. The zero-order valence-electron chi connectivity index (χ0n) is 13.4. The van der Waals surface area contributed by atoms with Crippen LogP contribution in [0.25, 0.3) is 0 Å². The van der Waals surface area contributed by atoms with Gasteiger partial charge in [0, 0.05) is 10.8 Å². The van der Waals surface area contributed by atoms with E-state index in [1.807, 2.05) is 41.5 Å². The molecule has 0 aromatic heterocycles. The van der Waals surface area contributed by atoms with E-state index in [4.69, 9.17) is 11.6 Å². The predicted octanol–water partition coefficient (Wildman–Crippen LogP) is 4.31. The SMILES string of the molecule is CC(C)(C)C(=O)Nc1cccc(NC(=O)C(C)(C)C)c1Cl. The standard InChI is InChI=1S/C16H23ClN2O2/c1-15(2,3)13(20)18-10-8-7-9-11(12(10)17)19-14(21)16(4,5)6/h7-9H,1-6H3,(H,18,20)(H,19,21). The highest BCUT2D eigenvalue weighted by Gasteiger charge is 2.24. The summed E-state index contributed by atoms with van der Waals surface area (Å²) in [6.07, 6.45) is 0. The molecule has 0 aliphatic rings. The van der Waals surface area contributed by atoms with Gasteiger partial charge in [-0.15, -0.1) is 0 Å². The van der Waals surface area contributed by atoms with Gasteiger partial charge in [-0.2, -0.15) is 0 Å². The minimum atomic E-state index is -0.520. The molecule has 0 bridgehead atoms. The van der Waals surface area contributed by atoms with E-state index in [1.54, 1.807) is 18.2 Å². The van der Waals surface area contributed by atoms with E-state index >= 15 is 0 Å². The molecule has 0 radical (unpaired) electrons. The van der Waals surface area contributed by atoms with Gasteiger partial charge in [-0.25, -0.2) is 0 Å². The highest BCUT2D eigenvalue weighted by atomic mass is 35.5. The topological polar surface area (TPSA) is 58.2 Å². The fourth-order valence-electron chi connectivity index (χ4n) is 1.34. The first-order valence-corrected chi connectivity index (χ1v) is 7.22. The zero-order valence-corrected chi connectivity index (χ0v) is 14.2. The first kappa shape index (κ1) is 17.5. The van der Waals surface area contributed by atoms with E-state index in [-0.39, 0.29) is 11.8 Å². The Morgan fingerprint density at radius 1 is 0.857 bits per heavy atom.